The van der Waals surface area contributed by atoms with Gasteiger partial charge in [0.25, 0.3) is 0 Å². The average molecular weight is 268 g/mol. The van der Waals surface area contributed by atoms with Crippen LogP contribution < -0.4 is 5.32 Å². The Morgan fingerprint density at radius 2 is 1.80 bits per heavy atom. The maximum Gasteiger partial charge on any atom is 0.126 e. The fourth-order valence-corrected chi connectivity index (χ4v) is 2.45. The van der Waals surface area contributed by atoms with Gasteiger partial charge < -0.3 is 10.3 Å². The summed E-state index contributed by atoms with van der Waals surface area (Å²) in [6.07, 6.45) is 2.66. The molecular formula is C17H17FN2. The Morgan fingerprint density at radius 1 is 0.950 bits per heavy atom. The third kappa shape index (κ3) is 2.73. The van der Waals surface area contributed by atoms with Crippen LogP contribution in [-0.4, -0.2) is 11.5 Å². The van der Waals surface area contributed by atoms with E-state index in [9.17, 15) is 4.39 Å². The molecule has 20 heavy (non-hydrogen) atoms. The topological polar surface area (TPSA) is 27.8 Å². The van der Waals surface area contributed by atoms with E-state index in [0.717, 1.165) is 24.2 Å². The number of aromatic nitrogens is 1. The molecule has 0 amide bonds. The highest BCUT2D eigenvalue weighted by molar-refractivity contribution is 5.82. The summed E-state index contributed by atoms with van der Waals surface area (Å²) in [5, 5.41) is 4.62. The van der Waals surface area contributed by atoms with Crippen molar-refractivity contribution in [3.8, 4) is 0 Å². The van der Waals surface area contributed by atoms with Gasteiger partial charge in [-0.1, -0.05) is 30.3 Å². The summed E-state index contributed by atoms with van der Waals surface area (Å²) < 4.78 is 13.5. The van der Waals surface area contributed by atoms with Crippen molar-refractivity contribution in [3.05, 3.63) is 71.7 Å². The van der Waals surface area contributed by atoms with Crippen molar-refractivity contribution in [3.63, 3.8) is 0 Å². The summed E-state index contributed by atoms with van der Waals surface area (Å²) in [4.78, 5) is 3.21. The van der Waals surface area contributed by atoms with E-state index >= 15 is 0 Å². The Bertz CT molecular complexity index is 703. The van der Waals surface area contributed by atoms with Crippen LogP contribution in [0.3, 0.4) is 0 Å². The molecule has 102 valence electrons. The lowest BCUT2D eigenvalue weighted by Gasteiger charge is -2.07. The minimum Gasteiger partial charge on any atom is -0.361 e. The zero-order chi connectivity index (χ0) is 13.8. The summed E-state index contributed by atoms with van der Waals surface area (Å²) in [6.45, 7) is 1.56. The van der Waals surface area contributed by atoms with Gasteiger partial charge in [0.15, 0.2) is 0 Å². The zero-order valence-corrected chi connectivity index (χ0v) is 11.2. The lowest BCUT2D eigenvalue weighted by atomic mass is 10.1. The highest BCUT2D eigenvalue weighted by atomic mass is 19.1. The molecule has 0 unspecified atom stereocenters. The molecule has 2 N–H and O–H groups in total. The van der Waals surface area contributed by atoms with Gasteiger partial charge in [0.05, 0.1) is 0 Å². The summed E-state index contributed by atoms with van der Waals surface area (Å²) in [5.41, 5.74) is 3.18. The van der Waals surface area contributed by atoms with E-state index in [-0.39, 0.29) is 5.82 Å². The van der Waals surface area contributed by atoms with Crippen molar-refractivity contribution in [1.82, 2.24) is 10.3 Å². The maximum absolute atomic E-state index is 13.5. The van der Waals surface area contributed by atoms with Crippen molar-refractivity contribution in [1.29, 1.82) is 0 Å². The highest BCUT2D eigenvalue weighted by Gasteiger charge is 2.02. The molecular weight excluding hydrogens is 251 g/mol. The molecule has 3 heteroatoms. The molecule has 0 aliphatic carbocycles. The van der Waals surface area contributed by atoms with Crippen LogP contribution in [0.2, 0.25) is 0 Å². The highest BCUT2D eigenvalue weighted by Crippen LogP contribution is 2.17. The second-order valence-corrected chi connectivity index (χ2v) is 4.87. The summed E-state index contributed by atoms with van der Waals surface area (Å²) in [5.74, 6) is -0.123. The van der Waals surface area contributed by atoms with Crippen LogP contribution in [-0.2, 0) is 13.0 Å². The van der Waals surface area contributed by atoms with Gasteiger partial charge in [-0.2, -0.15) is 0 Å². The summed E-state index contributed by atoms with van der Waals surface area (Å²) in [7, 11) is 0. The van der Waals surface area contributed by atoms with E-state index in [4.69, 9.17) is 0 Å². The van der Waals surface area contributed by atoms with Gasteiger partial charge >= 0.3 is 0 Å². The van der Waals surface area contributed by atoms with E-state index in [2.05, 4.69) is 28.5 Å². The normalized spacial score (nSPS) is 11.1. The van der Waals surface area contributed by atoms with Crippen LogP contribution in [0.1, 0.15) is 11.1 Å². The number of fused-ring (bicyclic) bond motifs is 1. The van der Waals surface area contributed by atoms with Gasteiger partial charge in [0.2, 0.25) is 0 Å². The Kier molecular flexibility index (Phi) is 3.79. The average Bonchev–Trinajstić information content (AvgIpc) is 2.94. The van der Waals surface area contributed by atoms with E-state index in [1.807, 2.05) is 24.4 Å². The van der Waals surface area contributed by atoms with E-state index in [1.165, 1.54) is 17.0 Å². The first-order chi connectivity index (χ1) is 9.84. The first-order valence-electron chi connectivity index (χ1n) is 6.84. The number of H-pyrrole nitrogens is 1. The van der Waals surface area contributed by atoms with Crippen molar-refractivity contribution in [2.24, 2.45) is 0 Å². The first-order valence-corrected chi connectivity index (χ1v) is 6.84. The molecule has 3 aromatic rings. The summed E-state index contributed by atoms with van der Waals surface area (Å²) >= 11 is 0. The molecule has 0 saturated carbocycles. The molecule has 0 bridgehead atoms. The lowest BCUT2D eigenvalue weighted by molar-refractivity contribution is 0.598. The Labute approximate surface area is 117 Å². The number of rotatable bonds is 5. The standard InChI is InChI=1S/C17H17FN2/c18-16-6-2-1-4-13(16)8-10-19-12-14-5-3-7-17-15(14)9-11-20-17/h1-7,9,11,19-20H,8,10,12H2. The van der Waals surface area contributed by atoms with E-state index in [1.54, 1.807) is 6.07 Å². The Balaban J connectivity index is 1.58. The largest absolute Gasteiger partial charge is 0.361 e. The minimum atomic E-state index is -0.123. The number of nitrogens with one attached hydrogen (secondary N) is 2. The number of aromatic amines is 1. The first kappa shape index (κ1) is 12.9. The minimum absolute atomic E-state index is 0.123. The lowest BCUT2D eigenvalue weighted by Crippen LogP contribution is -2.17. The van der Waals surface area contributed by atoms with Gasteiger partial charge in [-0.25, -0.2) is 4.39 Å². The number of hydrogen-bond acceptors (Lipinski definition) is 1. The van der Waals surface area contributed by atoms with Gasteiger partial charge in [0, 0.05) is 23.6 Å². The van der Waals surface area contributed by atoms with E-state index < -0.39 is 0 Å². The Hall–Kier alpha value is -2.13. The van der Waals surface area contributed by atoms with E-state index in [0.29, 0.717) is 6.42 Å². The zero-order valence-electron chi connectivity index (χ0n) is 11.2. The molecule has 1 aromatic heterocycles. The molecule has 0 atom stereocenters. The molecule has 2 nitrogen and oxygen atoms in total. The molecule has 2 aromatic carbocycles. The van der Waals surface area contributed by atoms with Gasteiger partial charge in [0.1, 0.15) is 5.82 Å². The van der Waals surface area contributed by atoms with Crippen LogP contribution in [0.15, 0.2) is 54.7 Å². The van der Waals surface area contributed by atoms with Gasteiger partial charge in [-0.05, 0) is 42.3 Å². The Morgan fingerprint density at radius 3 is 2.70 bits per heavy atom. The van der Waals surface area contributed by atoms with Crippen molar-refractivity contribution in [2.75, 3.05) is 6.54 Å². The fraction of sp³-hybridized carbons (Fsp3) is 0.176. The molecule has 3 rings (SSSR count). The van der Waals surface area contributed by atoms with Gasteiger partial charge in [-0.3, -0.25) is 0 Å². The van der Waals surface area contributed by atoms with Crippen molar-refractivity contribution >= 4 is 10.9 Å². The molecule has 0 spiro atoms. The second-order valence-electron chi connectivity index (χ2n) is 4.87. The summed E-state index contributed by atoms with van der Waals surface area (Å²) in [6, 6.07) is 15.3. The monoisotopic (exact) mass is 268 g/mol. The quantitative estimate of drug-likeness (QED) is 0.679. The van der Waals surface area contributed by atoms with Gasteiger partial charge in [-0.15, -0.1) is 0 Å². The van der Waals surface area contributed by atoms with Crippen molar-refractivity contribution in [2.45, 2.75) is 13.0 Å². The van der Waals surface area contributed by atoms with Crippen LogP contribution >= 0.6 is 0 Å². The SMILES string of the molecule is Fc1ccccc1CCNCc1cccc2[nH]ccc12. The van der Waals surface area contributed by atoms with Crippen LogP contribution in [0.5, 0.6) is 0 Å². The predicted octanol–water partition coefficient (Wildman–Crippen LogP) is 3.64. The smallest absolute Gasteiger partial charge is 0.126 e. The molecule has 0 aliphatic heterocycles. The van der Waals surface area contributed by atoms with Crippen LogP contribution in [0.25, 0.3) is 10.9 Å². The predicted molar refractivity (Wildman–Crippen MR) is 80.1 cm³/mol. The van der Waals surface area contributed by atoms with Crippen LogP contribution in [0, 0.1) is 5.82 Å². The van der Waals surface area contributed by atoms with Crippen LogP contribution in [0.4, 0.5) is 4.39 Å². The molecule has 0 fully saturated rings. The number of halogens is 1. The molecule has 0 radical (unpaired) electrons. The number of hydrogen-bond donors (Lipinski definition) is 2. The third-order valence-corrected chi connectivity index (χ3v) is 3.53. The fourth-order valence-electron chi connectivity index (χ4n) is 2.45. The molecule has 1 heterocycles. The maximum atomic E-state index is 13.5. The molecule has 0 aliphatic rings. The second kappa shape index (κ2) is 5.88. The van der Waals surface area contributed by atoms with Crippen molar-refractivity contribution < 1.29 is 4.39 Å². The number of benzene rings is 2. The molecule has 0 saturated heterocycles. The third-order valence-electron chi connectivity index (χ3n) is 3.53.